The molecule has 0 atom stereocenters. The van der Waals surface area contributed by atoms with E-state index in [1.54, 1.807) is 18.5 Å². The minimum absolute atomic E-state index is 0.391. The van der Waals surface area contributed by atoms with Gasteiger partial charge in [-0.05, 0) is 36.2 Å². The van der Waals surface area contributed by atoms with E-state index in [9.17, 15) is 4.79 Å². The highest BCUT2D eigenvalue weighted by Crippen LogP contribution is 2.30. The van der Waals surface area contributed by atoms with Gasteiger partial charge in [-0.25, -0.2) is 4.79 Å². The van der Waals surface area contributed by atoms with Crippen molar-refractivity contribution in [3.63, 3.8) is 0 Å². The molecule has 0 saturated heterocycles. The Morgan fingerprint density at radius 1 is 1.21 bits per heavy atom. The van der Waals surface area contributed by atoms with Gasteiger partial charge < -0.3 is 9.47 Å². The normalized spacial score (nSPS) is 10.1. The summed E-state index contributed by atoms with van der Waals surface area (Å²) in [6, 6.07) is 5.39. The van der Waals surface area contributed by atoms with Gasteiger partial charge >= 0.3 is 5.97 Å². The molecule has 0 N–H and O–H groups in total. The van der Waals surface area contributed by atoms with Gasteiger partial charge in [0.15, 0.2) is 0 Å². The third-order valence-corrected chi connectivity index (χ3v) is 2.85. The molecule has 19 heavy (non-hydrogen) atoms. The molecular weight excluding hydrogens is 244 g/mol. The van der Waals surface area contributed by atoms with Crippen molar-refractivity contribution in [3.05, 3.63) is 41.7 Å². The zero-order valence-corrected chi connectivity index (χ0v) is 11.0. The second kappa shape index (κ2) is 5.48. The third-order valence-electron chi connectivity index (χ3n) is 2.85. The molecule has 0 fully saturated rings. The van der Waals surface area contributed by atoms with Gasteiger partial charge in [-0.2, -0.15) is 10.2 Å². The van der Waals surface area contributed by atoms with Crippen molar-refractivity contribution < 1.29 is 14.3 Å². The number of rotatable bonds is 3. The van der Waals surface area contributed by atoms with Crippen LogP contribution < -0.4 is 4.74 Å². The summed E-state index contributed by atoms with van der Waals surface area (Å²) in [6.45, 7) is 1.94. The molecule has 2 rings (SSSR count). The molecule has 0 radical (unpaired) electrons. The lowest BCUT2D eigenvalue weighted by Crippen LogP contribution is -2.05. The van der Waals surface area contributed by atoms with Gasteiger partial charge in [0, 0.05) is 5.56 Å². The standard InChI is InChI=1S/C14H14N2O3/c1-9-6-13(18-2)12(14(17)19-3)7-11(9)10-4-5-15-16-8-10/h4-8H,1-3H3. The van der Waals surface area contributed by atoms with Crippen molar-refractivity contribution in [2.45, 2.75) is 6.92 Å². The fourth-order valence-electron chi connectivity index (χ4n) is 1.88. The highest BCUT2D eigenvalue weighted by Gasteiger charge is 2.16. The number of esters is 1. The van der Waals surface area contributed by atoms with Crippen LogP contribution in [-0.4, -0.2) is 30.4 Å². The maximum atomic E-state index is 11.8. The highest BCUT2D eigenvalue weighted by molar-refractivity contribution is 5.94. The molecule has 1 aromatic heterocycles. The SMILES string of the molecule is COC(=O)c1cc(-c2ccnnc2)c(C)cc1OC. The number of methoxy groups -OCH3 is 2. The number of hydrogen-bond donors (Lipinski definition) is 0. The Morgan fingerprint density at radius 3 is 2.58 bits per heavy atom. The van der Waals surface area contributed by atoms with Crippen molar-refractivity contribution in [1.82, 2.24) is 10.2 Å². The fraction of sp³-hybridized carbons (Fsp3) is 0.214. The first-order valence-electron chi connectivity index (χ1n) is 5.71. The molecule has 0 aliphatic carbocycles. The van der Waals surface area contributed by atoms with Crippen molar-refractivity contribution in [2.24, 2.45) is 0 Å². The van der Waals surface area contributed by atoms with E-state index in [0.29, 0.717) is 11.3 Å². The lowest BCUT2D eigenvalue weighted by Gasteiger charge is -2.12. The van der Waals surface area contributed by atoms with Gasteiger partial charge in [0.2, 0.25) is 0 Å². The Balaban J connectivity index is 2.60. The molecule has 0 spiro atoms. The summed E-state index contributed by atoms with van der Waals surface area (Å²) in [4.78, 5) is 11.8. The number of aryl methyl sites for hydroxylation is 1. The molecule has 0 amide bonds. The van der Waals surface area contributed by atoms with Crippen molar-refractivity contribution >= 4 is 5.97 Å². The van der Waals surface area contributed by atoms with Crippen LogP contribution in [0.3, 0.4) is 0 Å². The second-order valence-electron chi connectivity index (χ2n) is 3.99. The lowest BCUT2D eigenvalue weighted by molar-refractivity contribution is 0.0597. The Morgan fingerprint density at radius 2 is 2.00 bits per heavy atom. The smallest absolute Gasteiger partial charge is 0.341 e. The van der Waals surface area contributed by atoms with Crippen LogP contribution in [0.5, 0.6) is 5.75 Å². The third kappa shape index (κ3) is 2.54. The maximum Gasteiger partial charge on any atom is 0.341 e. The number of ether oxygens (including phenoxy) is 2. The van der Waals surface area contributed by atoms with Crippen LogP contribution in [0.25, 0.3) is 11.1 Å². The molecule has 1 heterocycles. The van der Waals surface area contributed by atoms with E-state index in [1.165, 1.54) is 14.2 Å². The predicted molar refractivity (Wildman–Crippen MR) is 70.1 cm³/mol. The van der Waals surface area contributed by atoms with E-state index < -0.39 is 5.97 Å². The molecule has 5 nitrogen and oxygen atoms in total. The van der Waals surface area contributed by atoms with Crippen LogP contribution in [-0.2, 0) is 4.74 Å². The van der Waals surface area contributed by atoms with Crippen molar-refractivity contribution in [3.8, 4) is 16.9 Å². The van der Waals surface area contributed by atoms with E-state index in [4.69, 9.17) is 9.47 Å². The first-order chi connectivity index (χ1) is 9.17. The highest BCUT2D eigenvalue weighted by atomic mass is 16.5. The van der Waals surface area contributed by atoms with Gasteiger partial charge in [0.05, 0.1) is 26.6 Å². The van der Waals surface area contributed by atoms with E-state index in [0.717, 1.165) is 16.7 Å². The van der Waals surface area contributed by atoms with Gasteiger partial charge in [0.1, 0.15) is 11.3 Å². The van der Waals surface area contributed by atoms with Crippen LogP contribution >= 0.6 is 0 Å². The lowest BCUT2D eigenvalue weighted by atomic mass is 9.99. The van der Waals surface area contributed by atoms with E-state index in [-0.39, 0.29) is 0 Å². The first kappa shape index (κ1) is 13.0. The summed E-state index contributed by atoms with van der Waals surface area (Å²) in [5.41, 5.74) is 3.16. The molecule has 5 heteroatoms. The number of hydrogen-bond acceptors (Lipinski definition) is 5. The van der Waals surface area contributed by atoms with Crippen LogP contribution in [0.4, 0.5) is 0 Å². The maximum absolute atomic E-state index is 11.8. The summed E-state index contributed by atoms with van der Waals surface area (Å²) in [5.74, 6) is 0.0650. The topological polar surface area (TPSA) is 61.3 Å². The first-order valence-corrected chi connectivity index (χ1v) is 5.71. The van der Waals surface area contributed by atoms with Crippen molar-refractivity contribution in [1.29, 1.82) is 0 Å². The fourth-order valence-corrected chi connectivity index (χ4v) is 1.88. The molecule has 1 aromatic carbocycles. The summed E-state index contributed by atoms with van der Waals surface area (Å²) >= 11 is 0. The molecule has 0 saturated carbocycles. The summed E-state index contributed by atoms with van der Waals surface area (Å²) in [5, 5.41) is 7.58. The Labute approximate surface area is 111 Å². The molecule has 2 aromatic rings. The molecule has 0 bridgehead atoms. The van der Waals surface area contributed by atoms with Crippen LogP contribution in [0.1, 0.15) is 15.9 Å². The van der Waals surface area contributed by atoms with Crippen molar-refractivity contribution in [2.75, 3.05) is 14.2 Å². The average Bonchev–Trinajstić information content (AvgIpc) is 2.47. The summed E-state index contributed by atoms with van der Waals surface area (Å²) < 4.78 is 9.97. The van der Waals surface area contributed by atoms with Crippen LogP contribution in [0, 0.1) is 6.92 Å². The van der Waals surface area contributed by atoms with Crippen LogP contribution in [0.15, 0.2) is 30.6 Å². The number of aromatic nitrogens is 2. The second-order valence-corrected chi connectivity index (χ2v) is 3.99. The van der Waals surface area contributed by atoms with Crippen LogP contribution in [0.2, 0.25) is 0 Å². The van der Waals surface area contributed by atoms with Gasteiger partial charge in [-0.3, -0.25) is 0 Å². The Kier molecular flexibility index (Phi) is 3.75. The summed E-state index contributed by atoms with van der Waals surface area (Å²) in [7, 11) is 2.87. The monoisotopic (exact) mass is 258 g/mol. The zero-order valence-electron chi connectivity index (χ0n) is 11.0. The molecule has 0 unspecified atom stereocenters. The molecular formula is C14H14N2O3. The number of nitrogens with zero attached hydrogens (tertiary/aromatic N) is 2. The number of benzene rings is 1. The molecule has 98 valence electrons. The Bertz CT molecular complexity index is 597. The predicted octanol–water partition coefficient (Wildman–Crippen LogP) is 2.25. The van der Waals surface area contributed by atoms with E-state index in [1.807, 2.05) is 19.1 Å². The summed E-state index contributed by atoms with van der Waals surface area (Å²) in [6.07, 6.45) is 3.26. The van der Waals surface area contributed by atoms with Gasteiger partial charge in [-0.1, -0.05) is 0 Å². The number of carbonyl (C=O) groups excluding carboxylic acids is 1. The number of carbonyl (C=O) groups is 1. The minimum atomic E-state index is -0.430. The van der Waals surface area contributed by atoms with Gasteiger partial charge in [0.25, 0.3) is 0 Å². The largest absolute Gasteiger partial charge is 0.496 e. The zero-order chi connectivity index (χ0) is 13.8. The average molecular weight is 258 g/mol. The van der Waals surface area contributed by atoms with E-state index in [2.05, 4.69) is 10.2 Å². The molecule has 0 aliphatic rings. The van der Waals surface area contributed by atoms with Gasteiger partial charge in [-0.15, -0.1) is 0 Å². The Hall–Kier alpha value is -2.43. The van der Waals surface area contributed by atoms with E-state index >= 15 is 0 Å². The molecule has 0 aliphatic heterocycles. The minimum Gasteiger partial charge on any atom is -0.496 e. The quantitative estimate of drug-likeness (QED) is 0.790.